The summed E-state index contributed by atoms with van der Waals surface area (Å²) in [5, 5.41) is 7.37. The van der Waals surface area contributed by atoms with E-state index in [0.717, 1.165) is 56.5 Å². The third kappa shape index (κ3) is 3.13. The summed E-state index contributed by atoms with van der Waals surface area (Å²) in [6, 6.07) is 0.0735. The van der Waals surface area contributed by atoms with Crippen molar-refractivity contribution >= 4 is 11.8 Å². The summed E-state index contributed by atoms with van der Waals surface area (Å²) in [6.45, 7) is 5.83. The first-order valence-electron chi connectivity index (χ1n) is 9.67. The van der Waals surface area contributed by atoms with Crippen LogP contribution in [-0.4, -0.2) is 51.2 Å². The van der Waals surface area contributed by atoms with Gasteiger partial charge in [0.1, 0.15) is 0 Å². The molecule has 0 bridgehead atoms. The highest BCUT2D eigenvalue weighted by atomic mass is 16.5. The second-order valence-corrected chi connectivity index (χ2v) is 8.27. The maximum atomic E-state index is 12.4. The second kappa shape index (κ2) is 6.37. The molecule has 1 spiro atoms. The molecule has 0 unspecified atom stereocenters. The summed E-state index contributed by atoms with van der Waals surface area (Å²) in [7, 11) is 1.90. The highest BCUT2D eigenvalue weighted by Crippen LogP contribution is 2.39. The monoisotopic (exact) mass is 360 g/mol. The lowest BCUT2D eigenvalue weighted by molar-refractivity contribution is -0.142. The van der Waals surface area contributed by atoms with Crippen LogP contribution in [0, 0.1) is 5.92 Å². The number of rotatable bonds is 3. The zero-order valence-electron chi connectivity index (χ0n) is 15.9. The van der Waals surface area contributed by atoms with Crippen molar-refractivity contribution in [3.63, 3.8) is 0 Å². The van der Waals surface area contributed by atoms with Crippen LogP contribution in [0.1, 0.15) is 61.3 Å². The Balaban J connectivity index is 1.47. The Kier molecular flexibility index (Phi) is 4.29. The van der Waals surface area contributed by atoms with Crippen molar-refractivity contribution in [2.45, 2.75) is 64.2 Å². The molecule has 0 aromatic carbocycles. The Bertz CT molecular complexity index is 727. The number of fused-ring (bicyclic) bond motifs is 1. The topological polar surface area (TPSA) is 76.5 Å². The molecule has 2 fully saturated rings. The number of hydrogen-bond donors (Lipinski definition) is 1. The smallest absolute Gasteiger partial charge is 0.272 e. The van der Waals surface area contributed by atoms with E-state index < -0.39 is 0 Å². The van der Waals surface area contributed by atoms with Gasteiger partial charge in [0.15, 0.2) is 5.69 Å². The van der Waals surface area contributed by atoms with Crippen LogP contribution in [-0.2, 0) is 29.6 Å². The first kappa shape index (κ1) is 17.5. The Hall–Kier alpha value is -1.89. The van der Waals surface area contributed by atoms with Gasteiger partial charge in [0.25, 0.3) is 5.91 Å². The lowest BCUT2D eigenvalue weighted by Crippen LogP contribution is -2.51. The average molecular weight is 360 g/mol. The van der Waals surface area contributed by atoms with Crippen LogP contribution in [0.3, 0.4) is 0 Å². The maximum Gasteiger partial charge on any atom is 0.272 e. The Morgan fingerprint density at radius 1 is 1.27 bits per heavy atom. The summed E-state index contributed by atoms with van der Waals surface area (Å²) in [4.78, 5) is 26.7. The number of nitrogens with zero attached hydrogens (tertiary/aromatic N) is 3. The van der Waals surface area contributed by atoms with Gasteiger partial charge in [0, 0.05) is 49.8 Å². The van der Waals surface area contributed by atoms with Gasteiger partial charge in [-0.25, -0.2) is 0 Å². The molecular formula is C19H28N4O3. The molecule has 1 saturated carbocycles. The minimum atomic E-state index is -0.229. The van der Waals surface area contributed by atoms with E-state index >= 15 is 0 Å². The van der Waals surface area contributed by atoms with E-state index in [9.17, 15) is 9.59 Å². The first-order valence-corrected chi connectivity index (χ1v) is 9.67. The number of piperidine rings is 1. The number of ether oxygens (including phenoxy) is 1. The lowest BCUT2D eigenvalue weighted by atomic mass is 9.83. The number of amides is 2. The van der Waals surface area contributed by atoms with Gasteiger partial charge in [-0.15, -0.1) is 0 Å². The summed E-state index contributed by atoms with van der Waals surface area (Å²) in [6.07, 6.45) is 4.56. The summed E-state index contributed by atoms with van der Waals surface area (Å²) >= 11 is 0. The SMILES string of the molecule is CC(C)NC(=O)c1nn(C)c2c1COC1(CCN(C(=O)C3CC3)CC1)C2. The molecule has 3 heterocycles. The van der Waals surface area contributed by atoms with Crippen molar-refractivity contribution < 1.29 is 14.3 Å². The van der Waals surface area contributed by atoms with Crippen molar-refractivity contribution in [2.24, 2.45) is 13.0 Å². The standard InChI is InChI=1S/C19H28N4O3/c1-12(2)20-17(24)16-14-11-26-19(10-15(14)22(3)21-16)6-8-23(9-7-19)18(25)13-4-5-13/h12-13H,4-11H2,1-3H3,(H,20,24). The molecule has 1 N–H and O–H groups in total. The predicted octanol–water partition coefficient (Wildman–Crippen LogP) is 1.40. The highest BCUT2D eigenvalue weighted by molar-refractivity contribution is 5.94. The zero-order chi connectivity index (χ0) is 18.5. The Morgan fingerprint density at radius 3 is 2.58 bits per heavy atom. The lowest BCUT2D eigenvalue weighted by Gasteiger charge is -2.44. The molecule has 7 heteroatoms. The number of hydrogen-bond acceptors (Lipinski definition) is 4. The number of nitrogens with one attached hydrogen (secondary N) is 1. The van der Waals surface area contributed by atoms with Crippen molar-refractivity contribution in [2.75, 3.05) is 13.1 Å². The largest absolute Gasteiger partial charge is 0.370 e. The number of aromatic nitrogens is 2. The molecule has 0 radical (unpaired) electrons. The van der Waals surface area contributed by atoms with E-state index in [1.165, 1.54) is 0 Å². The zero-order valence-corrected chi connectivity index (χ0v) is 15.9. The molecular weight excluding hydrogens is 332 g/mol. The van der Waals surface area contributed by atoms with E-state index in [2.05, 4.69) is 10.4 Å². The molecule has 4 rings (SSSR count). The molecule has 0 atom stereocenters. The van der Waals surface area contributed by atoms with Crippen molar-refractivity contribution in [1.29, 1.82) is 0 Å². The van der Waals surface area contributed by atoms with Gasteiger partial charge >= 0.3 is 0 Å². The fourth-order valence-electron chi connectivity index (χ4n) is 4.11. The van der Waals surface area contributed by atoms with Crippen molar-refractivity contribution in [3.05, 3.63) is 17.0 Å². The number of likely N-dealkylation sites (tertiary alicyclic amines) is 1. The molecule has 7 nitrogen and oxygen atoms in total. The fourth-order valence-corrected chi connectivity index (χ4v) is 4.11. The number of carbonyl (C=O) groups excluding carboxylic acids is 2. The summed E-state index contributed by atoms with van der Waals surface area (Å²) < 4.78 is 8.10. The maximum absolute atomic E-state index is 12.4. The van der Waals surface area contributed by atoms with Gasteiger partial charge in [-0.2, -0.15) is 5.10 Å². The molecule has 1 aromatic rings. The average Bonchev–Trinajstić information content (AvgIpc) is 3.40. The van der Waals surface area contributed by atoms with Crippen LogP contribution >= 0.6 is 0 Å². The van der Waals surface area contributed by atoms with Gasteiger partial charge in [0.2, 0.25) is 5.91 Å². The van der Waals surface area contributed by atoms with Gasteiger partial charge in [-0.1, -0.05) is 0 Å². The minimum absolute atomic E-state index is 0.0735. The van der Waals surface area contributed by atoms with Crippen LogP contribution in [0.5, 0.6) is 0 Å². The third-order valence-electron chi connectivity index (χ3n) is 5.83. The van der Waals surface area contributed by atoms with Gasteiger partial charge in [-0.3, -0.25) is 14.3 Å². The second-order valence-electron chi connectivity index (χ2n) is 8.27. The summed E-state index contributed by atoms with van der Waals surface area (Å²) in [5.74, 6) is 0.466. The van der Waals surface area contributed by atoms with Gasteiger partial charge < -0.3 is 15.0 Å². The van der Waals surface area contributed by atoms with E-state index in [0.29, 0.717) is 18.2 Å². The van der Waals surface area contributed by atoms with Gasteiger partial charge in [-0.05, 0) is 39.5 Å². The normalized spacial score (nSPS) is 21.8. The van der Waals surface area contributed by atoms with E-state index in [-0.39, 0.29) is 23.5 Å². The molecule has 2 amide bonds. The van der Waals surface area contributed by atoms with Gasteiger partial charge in [0.05, 0.1) is 12.2 Å². The fraction of sp³-hybridized carbons (Fsp3) is 0.737. The van der Waals surface area contributed by atoms with E-state index in [1.807, 2.05) is 30.5 Å². The van der Waals surface area contributed by atoms with Crippen LogP contribution in [0.25, 0.3) is 0 Å². The highest BCUT2D eigenvalue weighted by Gasteiger charge is 2.44. The van der Waals surface area contributed by atoms with Crippen LogP contribution in [0.4, 0.5) is 0 Å². The Morgan fingerprint density at radius 2 is 1.96 bits per heavy atom. The molecule has 1 aliphatic carbocycles. The molecule has 1 aromatic heterocycles. The third-order valence-corrected chi connectivity index (χ3v) is 5.83. The minimum Gasteiger partial charge on any atom is -0.370 e. The molecule has 142 valence electrons. The molecule has 3 aliphatic rings. The van der Waals surface area contributed by atoms with Crippen LogP contribution < -0.4 is 5.32 Å². The van der Waals surface area contributed by atoms with Crippen LogP contribution in [0.2, 0.25) is 0 Å². The van der Waals surface area contributed by atoms with E-state index in [1.54, 1.807) is 0 Å². The van der Waals surface area contributed by atoms with Crippen LogP contribution in [0.15, 0.2) is 0 Å². The molecule has 26 heavy (non-hydrogen) atoms. The first-order chi connectivity index (χ1) is 12.4. The predicted molar refractivity (Wildman–Crippen MR) is 95.6 cm³/mol. The number of carbonyl (C=O) groups is 2. The quantitative estimate of drug-likeness (QED) is 0.884. The molecule has 2 aliphatic heterocycles. The summed E-state index contributed by atoms with van der Waals surface area (Å²) in [5.41, 5.74) is 2.25. The Labute approximate surface area is 154 Å². The van der Waals surface area contributed by atoms with Crippen molar-refractivity contribution in [1.82, 2.24) is 20.0 Å². The van der Waals surface area contributed by atoms with E-state index in [4.69, 9.17) is 4.74 Å². The molecule has 1 saturated heterocycles. The van der Waals surface area contributed by atoms with Crippen molar-refractivity contribution in [3.8, 4) is 0 Å². The number of aryl methyl sites for hydroxylation is 1.